The molecule has 0 aliphatic heterocycles. The number of aliphatic imine (C=N–C) groups is 1. The maximum absolute atomic E-state index is 4.47. The quantitative estimate of drug-likeness (QED) is 0.343. The van der Waals surface area contributed by atoms with E-state index in [-0.39, 0.29) is 24.0 Å². The molecule has 0 amide bonds. The summed E-state index contributed by atoms with van der Waals surface area (Å²) in [6.07, 6.45) is 6.27. The van der Waals surface area contributed by atoms with E-state index in [1.807, 2.05) is 14.0 Å². The Morgan fingerprint density at radius 3 is 2.67 bits per heavy atom. The van der Waals surface area contributed by atoms with E-state index in [1.165, 1.54) is 31.4 Å². The fraction of sp³-hybridized carbons (Fsp3) is 0.733. The molecule has 1 fully saturated rings. The van der Waals surface area contributed by atoms with Gasteiger partial charge in [-0.2, -0.15) is 5.10 Å². The zero-order valence-corrected chi connectivity index (χ0v) is 15.7. The molecule has 21 heavy (non-hydrogen) atoms. The molecule has 2 N–H and O–H groups in total. The lowest BCUT2D eigenvalue weighted by Gasteiger charge is -2.16. The number of hydrogen-bond donors (Lipinski definition) is 2. The van der Waals surface area contributed by atoms with Gasteiger partial charge in [-0.15, -0.1) is 24.0 Å². The van der Waals surface area contributed by atoms with Crippen LogP contribution in [0.1, 0.15) is 43.5 Å². The van der Waals surface area contributed by atoms with E-state index >= 15 is 0 Å². The van der Waals surface area contributed by atoms with Gasteiger partial charge in [0.15, 0.2) is 5.96 Å². The molecule has 1 aromatic heterocycles. The molecule has 1 aliphatic carbocycles. The number of rotatable bonds is 5. The zero-order chi connectivity index (χ0) is 14.4. The van der Waals surface area contributed by atoms with Crippen LogP contribution >= 0.6 is 24.0 Å². The Morgan fingerprint density at radius 2 is 2.10 bits per heavy atom. The van der Waals surface area contributed by atoms with Crippen molar-refractivity contribution in [3.63, 3.8) is 0 Å². The van der Waals surface area contributed by atoms with Crippen molar-refractivity contribution in [3.05, 3.63) is 17.5 Å². The molecule has 5 nitrogen and oxygen atoms in total. The van der Waals surface area contributed by atoms with Gasteiger partial charge in [0.05, 0.1) is 5.69 Å². The van der Waals surface area contributed by atoms with Gasteiger partial charge in [0.25, 0.3) is 0 Å². The Morgan fingerprint density at radius 1 is 1.38 bits per heavy atom. The average Bonchev–Trinajstić information content (AvgIpc) is 3.03. The Hall–Kier alpha value is -0.790. The van der Waals surface area contributed by atoms with Gasteiger partial charge in [-0.25, -0.2) is 0 Å². The summed E-state index contributed by atoms with van der Waals surface area (Å²) in [7, 11) is 1.84. The Bertz CT molecular complexity index is 449. The van der Waals surface area contributed by atoms with Gasteiger partial charge in [-0.3, -0.25) is 9.67 Å². The first-order chi connectivity index (χ1) is 9.69. The van der Waals surface area contributed by atoms with Gasteiger partial charge in [0, 0.05) is 31.9 Å². The highest BCUT2D eigenvalue weighted by molar-refractivity contribution is 14.0. The van der Waals surface area contributed by atoms with Gasteiger partial charge >= 0.3 is 0 Å². The van der Waals surface area contributed by atoms with Crippen molar-refractivity contribution < 1.29 is 0 Å². The second-order valence-corrected chi connectivity index (χ2v) is 5.63. The van der Waals surface area contributed by atoms with Crippen LogP contribution < -0.4 is 10.6 Å². The first-order valence-corrected chi connectivity index (χ1v) is 7.67. The number of nitrogens with one attached hydrogen (secondary N) is 2. The third-order valence-electron chi connectivity index (χ3n) is 3.86. The van der Waals surface area contributed by atoms with E-state index in [0.29, 0.717) is 6.04 Å². The van der Waals surface area contributed by atoms with Crippen molar-refractivity contribution >= 4 is 29.9 Å². The predicted molar refractivity (Wildman–Crippen MR) is 98.5 cm³/mol. The molecular weight excluding hydrogens is 377 g/mol. The molecule has 2 rings (SSSR count). The monoisotopic (exact) mass is 405 g/mol. The van der Waals surface area contributed by atoms with Crippen LogP contribution in [-0.4, -0.2) is 35.4 Å². The fourth-order valence-electron chi connectivity index (χ4n) is 2.80. The van der Waals surface area contributed by atoms with Crippen LogP contribution in [0.2, 0.25) is 0 Å². The summed E-state index contributed by atoms with van der Waals surface area (Å²) in [5, 5.41) is 11.4. The third-order valence-corrected chi connectivity index (χ3v) is 3.86. The van der Waals surface area contributed by atoms with Gasteiger partial charge in [-0.05, 0) is 39.2 Å². The summed E-state index contributed by atoms with van der Waals surface area (Å²) in [5.41, 5.74) is 2.32. The van der Waals surface area contributed by atoms with Crippen molar-refractivity contribution in [1.82, 2.24) is 20.4 Å². The van der Waals surface area contributed by atoms with E-state index in [9.17, 15) is 0 Å². The molecule has 0 radical (unpaired) electrons. The topological polar surface area (TPSA) is 54.2 Å². The van der Waals surface area contributed by atoms with E-state index in [1.54, 1.807) is 0 Å². The Labute approximate surface area is 145 Å². The standard InChI is InChI=1S/C15H27N5.HI/c1-12-11-13(2)20(19-12)10-6-9-17-15(16-3)18-14-7-4-5-8-14;/h11,14H,4-10H2,1-3H3,(H2,16,17,18);1H. The smallest absolute Gasteiger partial charge is 0.191 e. The van der Waals surface area contributed by atoms with Crippen LogP contribution in [0, 0.1) is 13.8 Å². The lowest BCUT2D eigenvalue weighted by molar-refractivity contribution is 0.550. The number of halogens is 1. The molecule has 120 valence electrons. The molecule has 0 saturated heterocycles. The molecule has 6 heteroatoms. The maximum atomic E-state index is 4.47. The Balaban J connectivity index is 0.00000220. The summed E-state index contributed by atoms with van der Waals surface area (Å²) in [6.45, 7) is 6.01. The van der Waals surface area contributed by atoms with E-state index in [2.05, 4.69) is 38.4 Å². The van der Waals surface area contributed by atoms with Crippen LogP contribution in [0.15, 0.2) is 11.1 Å². The normalized spacial score (nSPS) is 15.9. The van der Waals surface area contributed by atoms with Crippen molar-refractivity contribution in [1.29, 1.82) is 0 Å². The minimum atomic E-state index is 0. The van der Waals surface area contributed by atoms with Gasteiger partial charge in [0.2, 0.25) is 0 Å². The first kappa shape index (κ1) is 18.3. The van der Waals surface area contributed by atoms with E-state index < -0.39 is 0 Å². The lowest BCUT2D eigenvalue weighted by atomic mass is 10.2. The van der Waals surface area contributed by atoms with Crippen LogP contribution in [0.5, 0.6) is 0 Å². The van der Waals surface area contributed by atoms with Gasteiger partial charge in [0.1, 0.15) is 0 Å². The van der Waals surface area contributed by atoms with Crippen molar-refractivity contribution in [2.24, 2.45) is 4.99 Å². The highest BCUT2D eigenvalue weighted by atomic mass is 127. The van der Waals surface area contributed by atoms with Crippen LogP contribution in [0.4, 0.5) is 0 Å². The molecule has 0 atom stereocenters. The number of guanidine groups is 1. The molecule has 1 saturated carbocycles. The van der Waals surface area contributed by atoms with Crippen molar-refractivity contribution in [3.8, 4) is 0 Å². The molecule has 1 heterocycles. The van der Waals surface area contributed by atoms with Crippen LogP contribution in [0.3, 0.4) is 0 Å². The minimum Gasteiger partial charge on any atom is -0.356 e. The SMILES string of the molecule is CN=C(NCCCn1nc(C)cc1C)NC1CCCC1.I. The highest BCUT2D eigenvalue weighted by Crippen LogP contribution is 2.17. The molecular formula is C15H28IN5. The van der Waals surface area contributed by atoms with Gasteiger partial charge < -0.3 is 10.6 Å². The zero-order valence-electron chi connectivity index (χ0n) is 13.4. The van der Waals surface area contributed by atoms with E-state index in [4.69, 9.17) is 0 Å². The third kappa shape index (κ3) is 5.84. The molecule has 0 unspecified atom stereocenters. The lowest BCUT2D eigenvalue weighted by Crippen LogP contribution is -2.42. The summed E-state index contributed by atoms with van der Waals surface area (Å²) in [6, 6.07) is 2.73. The second kappa shape index (κ2) is 9.27. The minimum absolute atomic E-state index is 0. The van der Waals surface area contributed by atoms with Crippen molar-refractivity contribution in [2.75, 3.05) is 13.6 Å². The molecule has 0 bridgehead atoms. The van der Waals surface area contributed by atoms with Crippen LogP contribution in [-0.2, 0) is 6.54 Å². The highest BCUT2D eigenvalue weighted by Gasteiger charge is 2.15. The first-order valence-electron chi connectivity index (χ1n) is 7.67. The molecule has 1 aromatic rings. The summed E-state index contributed by atoms with van der Waals surface area (Å²) < 4.78 is 2.07. The number of aryl methyl sites for hydroxylation is 3. The number of aromatic nitrogens is 2. The summed E-state index contributed by atoms with van der Waals surface area (Å²) in [5.74, 6) is 0.935. The second-order valence-electron chi connectivity index (χ2n) is 5.63. The molecule has 0 aromatic carbocycles. The van der Waals surface area contributed by atoms with Gasteiger partial charge in [-0.1, -0.05) is 12.8 Å². The summed E-state index contributed by atoms with van der Waals surface area (Å²) in [4.78, 5) is 4.29. The van der Waals surface area contributed by atoms with Crippen LogP contribution in [0.25, 0.3) is 0 Å². The summed E-state index contributed by atoms with van der Waals surface area (Å²) >= 11 is 0. The maximum Gasteiger partial charge on any atom is 0.191 e. The molecule has 1 aliphatic rings. The average molecular weight is 405 g/mol. The largest absolute Gasteiger partial charge is 0.356 e. The Kier molecular flexibility index (Phi) is 8.06. The van der Waals surface area contributed by atoms with Crippen molar-refractivity contribution in [2.45, 2.75) is 58.5 Å². The predicted octanol–water partition coefficient (Wildman–Crippen LogP) is 2.62. The molecule has 0 spiro atoms. The number of nitrogens with zero attached hydrogens (tertiary/aromatic N) is 3. The fourth-order valence-corrected chi connectivity index (χ4v) is 2.80. The van der Waals surface area contributed by atoms with E-state index in [0.717, 1.165) is 31.2 Å². The number of hydrogen-bond acceptors (Lipinski definition) is 2.